The molecule has 1 aliphatic rings. The molecule has 0 amide bonds. The Hall–Kier alpha value is -1.19. The summed E-state index contributed by atoms with van der Waals surface area (Å²) in [4.78, 5) is 0. The van der Waals surface area contributed by atoms with Crippen molar-refractivity contribution in [3.05, 3.63) is 57.0 Å². The molecule has 4 heteroatoms. The van der Waals surface area contributed by atoms with E-state index >= 15 is 0 Å². The number of phenolic OH excluding ortho intramolecular Hbond substituents is 1. The van der Waals surface area contributed by atoms with Crippen LogP contribution in [0.25, 0.3) is 0 Å². The van der Waals surface area contributed by atoms with Gasteiger partial charge in [-0.05, 0) is 58.1 Å². The fraction of sp³-hybridized carbons (Fsp3) is 0.200. The standard InChI is InChI=1S/C15H13BrClNO/c16-15-11(17)4-2-5-13(15)18-12-8-7-10-9(12)3-1-6-14(10)19/h1-6,12,18-19H,7-8H2. The molecule has 0 radical (unpaired) electrons. The van der Waals surface area contributed by atoms with Crippen molar-refractivity contribution < 1.29 is 5.11 Å². The summed E-state index contributed by atoms with van der Waals surface area (Å²) in [6.45, 7) is 0. The molecule has 0 fully saturated rings. The zero-order valence-corrected chi connectivity index (χ0v) is 12.5. The highest BCUT2D eigenvalue weighted by Crippen LogP contribution is 2.40. The van der Waals surface area contributed by atoms with Gasteiger partial charge in [0, 0.05) is 0 Å². The van der Waals surface area contributed by atoms with Crippen LogP contribution in [-0.2, 0) is 6.42 Å². The van der Waals surface area contributed by atoms with Gasteiger partial charge in [0.15, 0.2) is 0 Å². The summed E-state index contributed by atoms with van der Waals surface area (Å²) >= 11 is 9.60. The maximum Gasteiger partial charge on any atom is 0.119 e. The second-order valence-electron chi connectivity index (χ2n) is 4.68. The SMILES string of the molecule is Oc1cccc2c1CCC2Nc1cccc(Cl)c1Br. The molecule has 2 N–H and O–H groups in total. The number of nitrogens with one attached hydrogen (secondary N) is 1. The monoisotopic (exact) mass is 337 g/mol. The topological polar surface area (TPSA) is 32.3 Å². The summed E-state index contributed by atoms with van der Waals surface area (Å²) in [6.07, 6.45) is 1.88. The summed E-state index contributed by atoms with van der Waals surface area (Å²) in [5, 5.41) is 14.0. The number of anilines is 1. The van der Waals surface area contributed by atoms with E-state index in [2.05, 4.69) is 27.3 Å². The van der Waals surface area contributed by atoms with E-state index in [4.69, 9.17) is 11.6 Å². The van der Waals surface area contributed by atoms with E-state index in [1.54, 1.807) is 6.07 Å². The number of hydrogen-bond donors (Lipinski definition) is 2. The van der Waals surface area contributed by atoms with Crippen LogP contribution in [0.2, 0.25) is 5.02 Å². The largest absolute Gasteiger partial charge is 0.508 e. The highest BCUT2D eigenvalue weighted by Gasteiger charge is 2.24. The van der Waals surface area contributed by atoms with Gasteiger partial charge in [0.25, 0.3) is 0 Å². The number of halogens is 2. The van der Waals surface area contributed by atoms with E-state index in [1.807, 2.05) is 24.3 Å². The van der Waals surface area contributed by atoms with Crippen LogP contribution in [-0.4, -0.2) is 5.11 Å². The third-order valence-corrected chi connectivity index (χ3v) is 4.92. The van der Waals surface area contributed by atoms with Gasteiger partial charge in [-0.25, -0.2) is 0 Å². The minimum absolute atomic E-state index is 0.219. The van der Waals surface area contributed by atoms with Gasteiger partial charge in [-0.2, -0.15) is 0 Å². The molecule has 2 nitrogen and oxygen atoms in total. The van der Waals surface area contributed by atoms with E-state index in [0.717, 1.165) is 28.6 Å². The summed E-state index contributed by atoms with van der Waals surface area (Å²) in [7, 11) is 0. The quantitative estimate of drug-likeness (QED) is 0.815. The zero-order valence-electron chi connectivity index (χ0n) is 10.2. The van der Waals surface area contributed by atoms with Gasteiger partial charge in [-0.3, -0.25) is 0 Å². The molecule has 0 aromatic heterocycles. The molecule has 1 aliphatic carbocycles. The van der Waals surface area contributed by atoms with E-state index in [0.29, 0.717) is 10.8 Å². The molecule has 1 atom stereocenters. The summed E-state index contributed by atoms with van der Waals surface area (Å²) in [6, 6.07) is 11.7. The van der Waals surface area contributed by atoms with E-state index in [9.17, 15) is 5.11 Å². The molecule has 2 aromatic rings. The highest BCUT2D eigenvalue weighted by molar-refractivity contribution is 9.10. The van der Waals surface area contributed by atoms with Gasteiger partial charge in [-0.1, -0.05) is 29.8 Å². The Morgan fingerprint density at radius 1 is 1.21 bits per heavy atom. The van der Waals surface area contributed by atoms with Crippen molar-refractivity contribution in [2.24, 2.45) is 0 Å². The van der Waals surface area contributed by atoms with Crippen LogP contribution >= 0.6 is 27.5 Å². The molecule has 0 bridgehead atoms. The van der Waals surface area contributed by atoms with E-state index < -0.39 is 0 Å². The molecule has 3 rings (SSSR count). The van der Waals surface area contributed by atoms with Gasteiger partial charge in [0.05, 0.1) is 21.2 Å². The molecule has 2 aromatic carbocycles. The molecule has 0 heterocycles. The minimum atomic E-state index is 0.219. The van der Waals surface area contributed by atoms with Gasteiger partial charge in [0.2, 0.25) is 0 Å². The van der Waals surface area contributed by atoms with Crippen LogP contribution < -0.4 is 5.32 Å². The van der Waals surface area contributed by atoms with Crippen molar-refractivity contribution in [2.75, 3.05) is 5.32 Å². The van der Waals surface area contributed by atoms with Crippen molar-refractivity contribution in [2.45, 2.75) is 18.9 Å². The molecule has 19 heavy (non-hydrogen) atoms. The van der Waals surface area contributed by atoms with Crippen LogP contribution in [0.15, 0.2) is 40.9 Å². The molecule has 1 unspecified atom stereocenters. The van der Waals surface area contributed by atoms with Crippen molar-refractivity contribution >= 4 is 33.2 Å². The Bertz CT molecular complexity index is 630. The maximum atomic E-state index is 9.86. The van der Waals surface area contributed by atoms with Crippen LogP contribution in [0.1, 0.15) is 23.6 Å². The lowest BCUT2D eigenvalue weighted by molar-refractivity contribution is 0.469. The van der Waals surface area contributed by atoms with Crippen molar-refractivity contribution in [3.63, 3.8) is 0 Å². The fourth-order valence-electron chi connectivity index (χ4n) is 2.59. The third kappa shape index (κ3) is 2.33. The first kappa shape index (κ1) is 12.8. The number of rotatable bonds is 2. The minimum Gasteiger partial charge on any atom is -0.508 e. The van der Waals surface area contributed by atoms with Crippen LogP contribution in [0, 0.1) is 0 Å². The number of fused-ring (bicyclic) bond motifs is 1. The van der Waals surface area contributed by atoms with Crippen LogP contribution in [0.5, 0.6) is 5.75 Å². The number of benzene rings is 2. The lowest BCUT2D eigenvalue weighted by Crippen LogP contribution is -2.07. The molecule has 0 aliphatic heterocycles. The first-order valence-electron chi connectivity index (χ1n) is 6.18. The maximum absolute atomic E-state index is 9.86. The van der Waals surface area contributed by atoms with Gasteiger partial charge in [0.1, 0.15) is 5.75 Å². The Balaban J connectivity index is 1.91. The highest BCUT2D eigenvalue weighted by atomic mass is 79.9. The Morgan fingerprint density at radius 3 is 2.84 bits per heavy atom. The number of aromatic hydroxyl groups is 1. The average Bonchev–Trinajstić information content (AvgIpc) is 2.80. The summed E-state index contributed by atoms with van der Waals surface area (Å²) < 4.78 is 0.880. The summed E-state index contributed by atoms with van der Waals surface area (Å²) in [5.74, 6) is 0.395. The number of hydrogen-bond acceptors (Lipinski definition) is 2. The Morgan fingerprint density at radius 2 is 2.00 bits per heavy atom. The Kier molecular flexibility index (Phi) is 3.42. The van der Waals surface area contributed by atoms with Gasteiger partial charge in [-0.15, -0.1) is 0 Å². The first-order valence-corrected chi connectivity index (χ1v) is 7.35. The molecule has 0 saturated heterocycles. The lowest BCUT2D eigenvalue weighted by atomic mass is 10.1. The smallest absolute Gasteiger partial charge is 0.119 e. The average molecular weight is 339 g/mol. The molecule has 0 spiro atoms. The predicted molar refractivity (Wildman–Crippen MR) is 81.9 cm³/mol. The molecular formula is C15H13BrClNO. The molecular weight excluding hydrogens is 326 g/mol. The second-order valence-corrected chi connectivity index (χ2v) is 5.88. The first-order chi connectivity index (χ1) is 9.16. The molecule has 0 saturated carbocycles. The zero-order chi connectivity index (χ0) is 13.4. The predicted octanol–water partition coefficient (Wildman–Crippen LogP) is 4.91. The van der Waals surface area contributed by atoms with E-state index in [1.165, 1.54) is 5.56 Å². The lowest BCUT2D eigenvalue weighted by Gasteiger charge is -2.17. The van der Waals surface area contributed by atoms with Crippen molar-refractivity contribution in [1.82, 2.24) is 0 Å². The van der Waals surface area contributed by atoms with Crippen LogP contribution in [0.3, 0.4) is 0 Å². The third-order valence-electron chi connectivity index (χ3n) is 3.53. The fourth-order valence-corrected chi connectivity index (χ4v) is 3.14. The van der Waals surface area contributed by atoms with Crippen molar-refractivity contribution in [3.8, 4) is 5.75 Å². The van der Waals surface area contributed by atoms with Crippen LogP contribution in [0.4, 0.5) is 5.69 Å². The van der Waals surface area contributed by atoms with Gasteiger partial charge >= 0.3 is 0 Å². The molecule has 98 valence electrons. The normalized spacial score (nSPS) is 17.3. The Labute approximate surface area is 125 Å². The van der Waals surface area contributed by atoms with Gasteiger partial charge < -0.3 is 10.4 Å². The second kappa shape index (κ2) is 5.06. The van der Waals surface area contributed by atoms with E-state index in [-0.39, 0.29) is 6.04 Å². The number of phenols is 1. The van der Waals surface area contributed by atoms with Crippen molar-refractivity contribution in [1.29, 1.82) is 0 Å². The summed E-state index contributed by atoms with van der Waals surface area (Å²) in [5.41, 5.74) is 3.21.